The van der Waals surface area contributed by atoms with Crippen LogP contribution in [0, 0.1) is 0 Å². The summed E-state index contributed by atoms with van der Waals surface area (Å²) in [6.07, 6.45) is 2.48. The van der Waals surface area contributed by atoms with E-state index in [-0.39, 0.29) is 0 Å². The largest absolute Gasteiger partial charge is 0.454 e. The lowest BCUT2D eigenvalue weighted by atomic mass is 10.1. The summed E-state index contributed by atoms with van der Waals surface area (Å²) in [6.45, 7) is 1.48. The zero-order valence-corrected chi connectivity index (χ0v) is 7.95. The number of hydrogen-bond acceptors (Lipinski definition) is 3. The Labute approximate surface area is 83.0 Å². The van der Waals surface area contributed by atoms with E-state index in [4.69, 9.17) is 9.47 Å². The van der Waals surface area contributed by atoms with Gasteiger partial charge < -0.3 is 14.8 Å². The van der Waals surface area contributed by atoms with Gasteiger partial charge in [0.25, 0.3) is 0 Å². The molecule has 3 rings (SSSR count). The van der Waals surface area contributed by atoms with Crippen LogP contribution in [0.1, 0.15) is 24.4 Å². The highest BCUT2D eigenvalue weighted by molar-refractivity contribution is 5.45. The van der Waals surface area contributed by atoms with Gasteiger partial charge in [-0.25, -0.2) is 0 Å². The maximum Gasteiger partial charge on any atom is 0.231 e. The third kappa shape index (κ3) is 1.24. The fourth-order valence-electron chi connectivity index (χ4n) is 2.10. The summed E-state index contributed by atoms with van der Waals surface area (Å²) < 4.78 is 10.6. The highest BCUT2D eigenvalue weighted by Gasteiger charge is 2.19. The molecule has 0 radical (unpaired) electrons. The molecular weight excluding hydrogens is 178 g/mol. The average molecular weight is 191 g/mol. The number of ether oxygens (including phenoxy) is 2. The first kappa shape index (κ1) is 8.12. The van der Waals surface area contributed by atoms with Crippen molar-refractivity contribution in [1.29, 1.82) is 0 Å². The monoisotopic (exact) mass is 191 g/mol. The lowest BCUT2D eigenvalue weighted by Crippen LogP contribution is -2.12. The summed E-state index contributed by atoms with van der Waals surface area (Å²) in [4.78, 5) is 0. The van der Waals surface area contributed by atoms with E-state index in [0.29, 0.717) is 12.8 Å². The van der Waals surface area contributed by atoms with Crippen molar-refractivity contribution in [3.8, 4) is 11.5 Å². The second-order valence-corrected chi connectivity index (χ2v) is 3.76. The summed E-state index contributed by atoms with van der Waals surface area (Å²) in [6, 6.07) is 6.71. The molecule has 1 aromatic rings. The Balaban J connectivity index is 1.91. The molecule has 3 nitrogen and oxygen atoms in total. The van der Waals surface area contributed by atoms with E-state index in [2.05, 4.69) is 17.4 Å². The summed E-state index contributed by atoms with van der Waals surface area (Å²) in [5.41, 5.74) is 1.31. The Morgan fingerprint density at radius 1 is 1.21 bits per heavy atom. The standard InChI is InChI=1S/C11H13NO2/c1-2-9(12-5-1)8-3-4-10-11(6-8)14-7-13-10/h3-4,6,9,12H,1-2,5,7H2/t9-/m1/s1. The van der Waals surface area contributed by atoms with Crippen LogP contribution in [-0.4, -0.2) is 13.3 Å². The lowest BCUT2D eigenvalue weighted by molar-refractivity contribution is 0.174. The third-order valence-corrected chi connectivity index (χ3v) is 2.86. The predicted octanol–water partition coefficient (Wildman–Crippen LogP) is 1.84. The molecule has 0 spiro atoms. The van der Waals surface area contributed by atoms with Gasteiger partial charge in [0.2, 0.25) is 6.79 Å². The molecule has 0 bridgehead atoms. The molecule has 2 aliphatic rings. The smallest absolute Gasteiger partial charge is 0.231 e. The van der Waals surface area contributed by atoms with Gasteiger partial charge in [-0.2, -0.15) is 0 Å². The maximum absolute atomic E-state index is 5.35. The highest BCUT2D eigenvalue weighted by atomic mass is 16.7. The topological polar surface area (TPSA) is 30.5 Å². The van der Waals surface area contributed by atoms with Gasteiger partial charge in [0.15, 0.2) is 11.5 Å². The van der Waals surface area contributed by atoms with E-state index < -0.39 is 0 Å². The Kier molecular flexibility index (Phi) is 1.84. The number of rotatable bonds is 1. The Morgan fingerprint density at radius 3 is 3.00 bits per heavy atom. The fraction of sp³-hybridized carbons (Fsp3) is 0.455. The van der Waals surface area contributed by atoms with Gasteiger partial charge in [-0.15, -0.1) is 0 Å². The zero-order valence-electron chi connectivity index (χ0n) is 7.95. The van der Waals surface area contributed by atoms with E-state index in [1.165, 1.54) is 18.4 Å². The number of nitrogens with one attached hydrogen (secondary N) is 1. The van der Waals surface area contributed by atoms with Crippen molar-refractivity contribution in [3.05, 3.63) is 23.8 Å². The van der Waals surface area contributed by atoms with Crippen LogP contribution < -0.4 is 14.8 Å². The molecule has 0 unspecified atom stereocenters. The summed E-state index contributed by atoms with van der Waals surface area (Å²) in [5, 5.41) is 3.47. The molecule has 0 aliphatic carbocycles. The molecule has 2 aliphatic heterocycles. The minimum absolute atomic E-state index is 0.358. The van der Waals surface area contributed by atoms with Crippen LogP contribution in [0.2, 0.25) is 0 Å². The molecule has 1 fully saturated rings. The van der Waals surface area contributed by atoms with Crippen molar-refractivity contribution in [1.82, 2.24) is 5.32 Å². The van der Waals surface area contributed by atoms with Crippen LogP contribution >= 0.6 is 0 Å². The number of fused-ring (bicyclic) bond motifs is 1. The highest BCUT2D eigenvalue weighted by Crippen LogP contribution is 2.35. The van der Waals surface area contributed by atoms with Crippen molar-refractivity contribution in [2.45, 2.75) is 18.9 Å². The van der Waals surface area contributed by atoms with Gasteiger partial charge >= 0.3 is 0 Å². The third-order valence-electron chi connectivity index (χ3n) is 2.86. The van der Waals surface area contributed by atoms with Gasteiger partial charge in [0.1, 0.15) is 0 Å². The molecule has 74 valence electrons. The molecule has 1 aromatic carbocycles. The minimum atomic E-state index is 0.358. The number of hydrogen-bond donors (Lipinski definition) is 1. The van der Waals surface area contributed by atoms with E-state index in [1.54, 1.807) is 0 Å². The zero-order chi connectivity index (χ0) is 9.38. The molecule has 3 heteroatoms. The molecule has 2 heterocycles. The molecule has 14 heavy (non-hydrogen) atoms. The van der Waals surface area contributed by atoms with Crippen molar-refractivity contribution in [2.75, 3.05) is 13.3 Å². The second-order valence-electron chi connectivity index (χ2n) is 3.76. The SMILES string of the molecule is c1cc2c(cc1[C@H]1CCCN1)OCO2. The fourth-order valence-corrected chi connectivity index (χ4v) is 2.10. The van der Waals surface area contributed by atoms with Gasteiger partial charge in [-0.3, -0.25) is 0 Å². The van der Waals surface area contributed by atoms with Crippen molar-refractivity contribution < 1.29 is 9.47 Å². The summed E-state index contributed by atoms with van der Waals surface area (Å²) in [7, 11) is 0. The molecule has 1 atom stereocenters. The molecule has 1 N–H and O–H groups in total. The predicted molar refractivity (Wildman–Crippen MR) is 52.5 cm³/mol. The van der Waals surface area contributed by atoms with Crippen LogP contribution in [0.15, 0.2) is 18.2 Å². The summed E-state index contributed by atoms with van der Waals surface area (Å²) >= 11 is 0. The molecule has 0 amide bonds. The summed E-state index contributed by atoms with van der Waals surface area (Å²) in [5.74, 6) is 1.75. The van der Waals surface area contributed by atoms with E-state index >= 15 is 0 Å². The minimum Gasteiger partial charge on any atom is -0.454 e. The Morgan fingerprint density at radius 2 is 2.14 bits per heavy atom. The quantitative estimate of drug-likeness (QED) is 0.734. The first-order chi connectivity index (χ1) is 6.93. The molecule has 0 aromatic heterocycles. The van der Waals surface area contributed by atoms with Crippen LogP contribution in [-0.2, 0) is 0 Å². The second kappa shape index (κ2) is 3.17. The van der Waals surface area contributed by atoms with Gasteiger partial charge in [-0.05, 0) is 37.1 Å². The Bertz CT molecular complexity index is 345. The van der Waals surface area contributed by atoms with Crippen LogP contribution in [0.5, 0.6) is 11.5 Å². The van der Waals surface area contributed by atoms with Gasteiger partial charge in [-0.1, -0.05) is 6.07 Å². The van der Waals surface area contributed by atoms with Crippen molar-refractivity contribution in [3.63, 3.8) is 0 Å². The van der Waals surface area contributed by atoms with Gasteiger partial charge in [0.05, 0.1) is 0 Å². The van der Waals surface area contributed by atoms with Crippen molar-refractivity contribution >= 4 is 0 Å². The van der Waals surface area contributed by atoms with Crippen LogP contribution in [0.25, 0.3) is 0 Å². The number of benzene rings is 1. The van der Waals surface area contributed by atoms with E-state index in [0.717, 1.165) is 18.0 Å². The lowest BCUT2D eigenvalue weighted by Gasteiger charge is -2.10. The average Bonchev–Trinajstić information content (AvgIpc) is 2.88. The Hall–Kier alpha value is -1.22. The van der Waals surface area contributed by atoms with Crippen LogP contribution in [0.3, 0.4) is 0 Å². The molecular formula is C11H13NO2. The first-order valence-electron chi connectivity index (χ1n) is 5.06. The normalized spacial score (nSPS) is 24.1. The van der Waals surface area contributed by atoms with Gasteiger partial charge in [0, 0.05) is 6.04 Å². The maximum atomic E-state index is 5.35. The molecule has 0 saturated carbocycles. The van der Waals surface area contributed by atoms with E-state index in [1.807, 2.05) is 6.07 Å². The first-order valence-corrected chi connectivity index (χ1v) is 5.06. The van der Waals surface area contributed by atoms with Crippen molar-refractivity contribution in [2.24, 2.45) is 0 Å². The van der Waals surface area contributed by atoms with Crippen LogP contribution in [0.4, 0.5) is 0 Å². The van der Waals surface area contributed by atoms with E-state index in [9.17, 15) is 0 Å². The molecule has 1 saturated heterocycles.